The Kier molecular flexibility index (Phi) is 9.05. The molecule has 1 aliphatic rings. The Morgan fingerprint density at radius 2 is 1.35 bits per heavy atom. The number of rotatable bonds is 8. The van der Waals surface area contributed by atoms with E-state index < -0.39 is 0 Å². The molecule has 0 N–H and O–H groups in total. The first kappa shape index (κ1) is 33.2. The van der Waals surface area contributed by atoms with E-state index >= 15 is 0 Å². The van der Waals surface area contributed by atoms with Gasteiger partial charge in [0.05, 0.1) is 23.0 Å². The highest BCUT2D eigenvalue weighted by Crippen LogP contribution is 2.49. The zero-order valence-corrected chi connectivity index (χ0v) is 29.6. The van der Waals surface area contributed by atoms with E-state index in [1.165, 1.54) is 38.6 Å². The van der Waals surface area contributed by atoms with Crippen LogP contribution in [0.25, 0.3) is 33.5 Å². The average molecular weight is 657 g/mol. The molecule has 7 rings (SSSR count). The van der Waals surface area contributed by atoms with Crippen molar-refractivity contribution >= 4 is 33.8 Å². The molecular weight excluding hydrogens is 617 g/mol. The maximum atomic E-state index is 9.50. The molecule has 6 aromatic rings. The summed E-state index contributed by atoms with van der Waals surface area (Å²) in [6.07, 6.45) is 8.58. The number of hydrogen-bond donors (Lipinski definition) is 0. The van der Waals surface area contributed by atoms with Crippen LogP contribution in [0.2, 0.25) is 0 Å². The molecular formula is C49H40N2. The van der Waals surface area contributed by atoms with E-state index in [9.17, 15) is 5.26 Å². The molecule has 2 heteroatoms. The largest absolute Gasteiger partial charge is 0.248 e. The molecule has 0 saturated heterocycles. The molecule has 0 amide bonds. The summed E-state index contributed by atoms with van der Waals surface area (Å²) in [4.78, 5) is 5.14. The zero-order chi connectivity index (χ0) is 35.5. The van der Waals surface area contributed by atoms with Gasteiger partial charge in [0.15, 0.2) is 0 Å². The molecule has 0 radical (unpaired) electrons. The van der Waals surface area contributed by atoms with Crippen molar-refractivity contribution in [1.82, 2.24) is 0 Å². The standard InChI is InChI=1S/C49H40N2/c1-6-37(42-24-27-45-44-26-20-36(32-50)29-46(44)49(4,5)47(45)31-42)28-34(3)33(2)16-17-35-18-21-40(22-19-35)48(39-13-8-7-9-14-39)51-43-25-23-38-12-10-11-15-41(38)30-43/h6-31H,2H2,1,3-5H3/b17-16-,34-28+,37-6+,51-48-. The van der Waals surface area contributed by atoms with E-state index in [0.717, 1.165) is 44.8 Å². The Labute approximate surface area is 301 Å². The maximum Gasteiger partial charge on any atom is 0.0991 e. The second-order valence-corrected chi connectivity index (χ2v) is 13.7. The van der Waals surface area contributed by atoms with Crippen molar-refractivity contribution < 1.29 is 0 Å². The van der Waals surface area contributed by atoms with Crippen LogP contribution in [-0.2, 0) is 5.41 Å². The Hall–Kier alpha value is -6.30. The first-order valence-corrected chi connectivity index (χ1v) is 17.4. The summed E-state index contributed by atoms with van der Waals surface area (Å²) in [5.74, 6) is 0. The summed E-state index contributed by atoms with van der Waals surface area (Å²) in [5, 5.41) is 11.9. The topological polar surface area (TPSA) is 36.1 Å². The number of fused-ring (bicyclic) bond motifs is 4. The monoisotopic (exact) mass is 656 g/mol. The number of allylic oxidation sites excluding steroid dienone is 6. The van der Waals surface area contributed by atoms with Gasteiger partial charge in [-0.05, 0) is 105 Å². The van der Waals surface area contributed by atoms with E-state index in [4.69, 9.17) is 4.99 Å². The molecule has 2 nitrogen and oxygen atoms in total. The van der Waals surface area contributed by atoms with Gasteiger partial charge in [0.1, 0.15) is 0 Å². The summed E-state index contributed by atoms with van der Waals surface area (Å²) in [6, 6.07) is 48.8. The van der Waals surface area contributed by atoms with Gasteiger partial charge in [0.25, 0.3) is 0 Å². The first-order valence-electron chi connectivity index (χ1n) is 17.4. The Morgan fingerprint density at radius 1 is 0.706 bits per heavy atom. The normalized spacial score (nSPS) is 14.0. The van der Waals surface area contributed by atoms with Crippen LogP contribution in [0.3, 0.4) is 0 Å². The molecule has 6 aromatic carbocycles. The fourth-order valence-corrected chi connectivity index (χ4v) is 6.99. The highest BCUT2D eigenvalue weighted by molar-refractivity contribution is 6.14. The third-order valence-electron chi connectivity index (χ3n) is 10.0. The Balaban J connectivity index is 1.10. The molecule has 0 heterocycles. The van der Waals surface area contributed by atoms with Crippen molar-refractivity contribution in [1.29, 1.82) is 5.26 Å². The lowest BCUT2D eigenvalue weighted by Crippen LogP contribution is -2.15. The molecule has 0 atom stereocenters. The molecule has 0 bridgehead atoms. The molecule has 0 fully saturated rings. The molecule has 0 aliphatic heterocycles. The first-order chi connectivity index (χ1) is 24.7. The van der Waals surface area contributed by atoms with Crippen molar-refractivity contribution in [2.24, 2.45) is 4.99 Å². The Bertz CT molecular complexity index is 2460. The number of nitriles is 1. The smallest absolute Gasteiger partial charge is 0.0991 e. The van der Waals surface area contributed by atoms with Crippen LogP contribution in [0.15, 0.2) is 174 Å². The highest BCUT2D eigenvalue weighted by Gasteiger charge is 2.35. The van der Waals surface area contributed by atoms with Gasteiger partial charge in [-0.15, -0.1) is 0 Å². The van der Waals surface area contributed by atoms with Crippen LogP contribution in [0.4, 0.5) is 5.69 Å². The quantitative estimate of drug-likeness (QED) is 0.119. The lowest BCUT2D eigenvalue weighted by Gasteiger charge is -2.22. The highest BCUT2D eigenvalue weighted by atomic mass is 14.7. The number of aliphatic imine (C=N–C) groups is 1. The lowest BCUT2D eigenvalue weighted by molar-refractivity contribution is 0.660. The average Bonchev–Trinajstić information content (AvgIpc) is 3.40. The van der Waals surface area contributed by atoms with Gasteiger partial charge in [-0.3, -0.25) is 0 Å². The summed E-state index contributed by atoms with van der Waals surface area (Å²) < 4.78 is 0. The minimum Gasteiger partial charge on any atom is -0.248 e. The second-order valence-electron chi connectivity index (χ2n) is 13.7. The summed E-state index contributed by atoms with van der Waals surface area (Å²) in [5.41, 5.74) is 15.0. The molecule has 1 aliphatic carbocycles. The van der Waals surface area contributed by atoms with Gasteiger partial charge in [-0.25, -0.2) is 4.99 Å². The minimum atomic E-state index is -0.183. The van der Waals surface area contributed by atoms with E-state index in [0.29, 0.717) is 5.56 Å². The van der Waals surface area contributed by atoms with Crippen LogP contribution >= 0.6 is 0 Å². The predicted octanol–water partition coefficient (Wildman–Crippen LogP) is 12.8. The molecule has 51 heavy (non-hydrogen) atoms. The molecule has 0 saturated carbocycles. The van der Waals surface area contributed by atoms with Crippen molar-refractivity contribution in [2.45, 2.75) is 33.1 Å². The third kappa shape index (κ3) is 6.67. The number of nitrogens with zero attached hydrogens (tertiary/aromatic N) is 2. The van der Waals surface area contributed by atoms with Crippen LogP contribution in [0.1, 0.15) is 66.6 Å². The number of benzene rings is 6. The SMILES string of the molecule is C=C(/C=C\c1ccc(/C(=N\c2ccc3ccccc3c2)c2ccccc2)cc1)/C(C)=C/C(=C\C)c1ccc2c(c1)C(C)(C)c1cc(C#N)ccc1-2. The van der Waals surface area contributed by atoms with Crippen LogP contribution in [-0.4, -0.2) is 5.71 Å². The summed E-state index contributed by atoms with van der Waals surface area (Å²) >= 11 is 0. The molecule has 246 valence electrons. The lowest BCUT2D eigenvalue weighted by atomic mass is 9.81. The van der Waals surface area contributed by atoms with Crippen molar-refractivity contribution in [3.63, 3.8) is 0 Å². The van der Waals surface area contributed by atoms with Crippen molar-refractivity contribution in [2.75, 3.05) is 0 Å². The van der Waals surface area contributed by atoms with Crippen molar-refractivity contribution in [3.05, 3.63) is 208 Å². The van der Waals surface area contributed by atoms with Gasteiger partial charge in [0.2, 0.25) is 0 Å². The van der Waals surface area contributed by atoms with Gasteiger partial charge < -0.3 is 0 Å². The zero-order valence-electron chi connectivity index (χ0n) is 29.6. The fourth-order valence-electron chi connectivity index (χ4n) is 6.99. The minimum absolute atomic E-state index is 0.183. The van der Waals surface area contributed by atoms with E-state index in [2.05, 4.69) is 180 Å². The summed E-state index contributed by atoms with van der Waals surface area (Å²) in [7, 11) is 0. The van der Waals surface area contributed by atoms with Gasteiger partial charge in [0, 0.05) is 16.5 Å². The maximum absolute atomic E-state index is 9.50. The van der Waals surface area contributed by atoms with Gasteiger partial charge in [-0.1, -0.05) is 148 Å². The van der Waals surface area contributed by atoms with Gasteiger partial charge >= 0.3 is 0 Å². The predicted molar refractivity (Wildman–Crippen MR) is 216 cm³/mol. The van der Waals surface area contributed by atoms with Gasteiger partial charge in [-0.2, -0.15) is 5.26 Å². The second kappa shape index (κ2) is 13.9. The fraction of sp³-hybridized carbons (Fsp3) is 0.102. The number of hydrogen-bond acceptors (Lipinski definition) is 2. The third-order valence-corrected chi connectivity index (χ3v) is 10.0. The molecule has 0 spiro atoms. The summed E-state index contributed by atoms with van der Waals surface area (Å²) in [6.45, 7) is 13.1. The van der Waals surface area contributed by atoms with Crippen LogP contribution in [0.5, 0.6) is 0 Å². The van der Waals surface area contributed by atoms with E-state index in [-0.39, 0.29) is 5.41 Å². The van der Waals surface area contributed by atoms with Crippen LogP contribution in [0, 0.1) is 11.3 Å². The van der Waals surface area contributed by atoms with Crippen LogP contribution < -0.4 is 0 Å². The molecule has 0 unspecified atom stereocenters. The van der Waals surface area contributed by atoms with E-state index in [1.54, 1.807) is 0 Å². The molecule has 0 aromatic heterocycles. The Morgan fingerprint density at radius 3 is 2.08 bits per heavy atom. The van der Waals surface area contributed by atoms with Crippen molar-refractivity contribution in [3.8, 4) is 17.2 Å². The van der Waals surface area contributed by atoms with E-state index in [1.807, 2.05) is 18.2 Å².